The molecule has 0 saturated carbocycles. The first kappa shape index (κ1) is 11.1. The number of hydrogen-bond acceptors (Lipinski definition) is 3. The Bertz CT molecular complexity index is 347. The van der Waals surface area contributed by atoms with Gasteiger partial charge in [0.15, 0.2) is 11.5 Å². The van der Waals surface area contributed by atoms with Crippen LogP contribution in [0.1, 0.15) is 19.4 Å². The van der Waals surface area contributed by atoms with Crippen molar-refractivity contribution in [1.82, 2.24) is 0 Å². The summed E-state index contributed by atoms with van der Waals surface area (Å²) in [4.78, 5) is 0. The number of aromatic hydroxyl groups is 2. The summed E-state index contributed by atoms with van der Waals surface area (Å²) < 4.78 is 0. The summed E-state index contributed by atoms with van der Waals surface area (Å²) in [7, 11) is 0. The van der Waals surface area contributed by atoms with Crippen molar-refractivity contribution in [2.24, 2.45) is 0 Å². The predicted octanol–water partition coefficient (Wildman–Crippen LogP) is 2.02. The van der Waals surface area contributed by atoms with E-state index in [1.807, 2.05) is 0 Å². The fourth-order valence-corrected chi connectivity index (χ4v) is 1.34. The van der Waals surface area contributed by atoms with Crippen LogP contribution in [-0.2, 0) is 5.41 Å². The lowest BCUT2D eigenvalue weighted by molar-refractivity contribution is 0.214. The first-order valence-corrected chi connectivity index (χ1v) is 4.59. The van der Waals surface area contributed by atoms with E-state index in [0.717, 1.165) is 0 Å². The molecule has 3 nitrogen and oxygen atoms in total. The summed E-state index contributed by atoms with van der Waals surface area (Å²) in [5.41, 5.74) is -0.131. The van der Waals surface area contributed by atoms with Crippen molar-refractivity contribution in [2.75, 3.05) is 6.61 Å². The van der Waals surface area contributed by atoms with Crippen LogP contribution in [0, 0.1) is 0 Å². The highest BCUT2D eigenvalue weighted by atomic mass is 35.5. The maximum Gasteiger partial charge on any atom is 0.176 e. The highest BCUT2D eigenvalue weighted by Crippen LogP contribution is 2.40. The molecule has 0 spiro atoms. The number of phenols is 2. The van der Waals surface area contributed by atoms with Gasteiger partial charge in [0, 0.05) is 11.0 Å². The predicted molar refractivity (Wildman–Crippen MR) is 54.9 cm³/mol. The Kier molecular flexibility index (Phi) is 2.92. The molecule has 0 aromatic heterocycles. The number of hydrogen-bond donors (Lipinski definition) is 3. The maximum atomic E-state index is 9.60. The first-order valence-electron chi connectivity index (χ1n) is 4.22. The lowest BCUT2D eigenvalue weighted by Gasteiger charge is -2.23. The Labute approximate surface area is 87.6 Å². The number of aliphatic hydroxyl groups is 1. The molecule has 0 fully saturated rings. The lowest BCUT2D eigenvalue weighted by atomic mass is 9.85. The molecule has 1 aromatic rings. The molecule has 0 heterocycles. The third kappa shape index (κ3) is 1.79. The van der Waals surface area contributed by atoms with E-state index in [1.54, 1.807) is 19.9 Å². The normalized spacial score (nSPS) is 11.7. The van der Waals surface area contributed by atoms with Gasteiger partial charge in [-0.1, -0.05) is 31.5 Å². The number of phenolic OH excluding ortho intramolecular Hbond substituents is 2. The van der Waals surface area contributed by atoms with E-state index in [-0.39, 0.29) is 23.1 Å². The van der Waals surface area contributed by atoms with E-state index in [2.05, 4.69) is 0 Å². The molecule has 0 aliphatic rings. The van der Waals surface area contributed by atoms with E-state index in [4.69, 9.17) is 16.7 Å². The molecule has 0 amide bonds. The van der Waals surface area contributed by atoms with E-state index in [1.165, 1.54) is 6.07 Å². The molecule has 14 heavy (non-hydrogen) atoms. The Hall–Kier alpha value is -0.930. The Balaban J connectivity index is 3.31. The molecule has 0 aliphatic carbocycles. The summed E-state index contributed by atoms with van der Waals surface area (Å²) in [5.74, 6) is -0.609. The molecule has 0 unspecified atom stereocenters. The van der Waals surface area contributed by atoms with Crippen LogP contribution in [0.25, 0.3) is 0 Å². The van der Waals surface area contributed by atoms with E-state index >= 15 is 0 Å². The molecule has 0 aliphatic heterocycles. The zero-order chi connectivity index (χ0) is 10.9. The molecule has 0 saturated heterocycles. The van der Waals surface area contributed by atoms with Gasteiger partial charge in [-0.2, -0.15) is 0 Å². The summed E-state index contributed by atoms with van der Waals surface area (Å²) in [6.45, 7) is 3.40. The molecule has 3 N–H and O–H groups in total. The van der Waals surface area contributed by atoms with Crippen LogP contribution >= 0.6 is 11.6 Å². The van der Waals surface area contributed by atoms with Crippen LogP contribution in [0.3, 0.4) is 0 Å². The van der Waals surface area contributed by atoms with Crippen molar-refractivity contribution in [2.45, 2.75) is 19.3 Å². The molecule has 4 heteroatoms. The van der Waals surface area contributed by atoms with Crippen LogP contribution in [0.5, 0.6) is 11.5 Å². The van der Waals surface area contributed by atoms with Gasteiger partial charge in [-0.25, -0.2) is 0 Å². The topological polar surface area (TPSA) is 60.7 Å². The maximum absolute atomic E-state index is 9.60. The lowest BCUT2D eigenvalue weighted by Crippen LogP contribution is -2.22. The zero-order valence-electron chi connectivity index (χ0n) is 8.08. The SMILES string of the molecule is CC(C)(CO)c1ccc(Cl)c(O)c1O. The number of halogens is 1. The van der Waals surface area contributed by atoms with Gasteiger partial charge < -0.3 is 15.3 Å². The third-order valence-corrected chi connectivity index (χ3v) is 2.53. The second-order valence-corrected chi connectivity index (χ2v) is 4.24. The van der Waals surface area contributed by atoms with Crippen LogP contribution in [0.15, 0.2) is 12.1 Å². The molecular weight excluding hydrogens is 204 g/mol. The summed E-state index contributed by atoms with van der Waals surface area (Å²) in [5, 5.41) is 28.2. The van der Waals surface area contributed by atoms with Crippen molar-refractivity contribution in [3.05, 3.63) is 22.7 Å². The highest BCUT2D eigenvalue weighted by Gasteiger charge is 2.25. The molecule has 1 aromatic carbocycles. The quantitative estimate of drug-likeness (QED) is 0.663. The second-order valence-electron chi connectivity index (χ2n) is 3.83. The Morgan fingerprint density at radius 1 is 1.21 bits per heavy atom. The molecule has 0 bridgehead atoms. The zero-order valence-corrected chi connectivity index (χ0v) is 8.84. The van der Waals surface area contributed by atoms with Gasteiger partial charge in [0.25, 0.3) is 0 Å². The minimum Gasteiger partial charge on any atom is -0.504 e. The minimum atomic E-state index is -0.605. The first-order chi connectivity index (χ1) is 6.40. The standard InChI is InChI=1S/C10H13ClO3/c1-10(2,5-12)6-3-4-7(11)9(14)8(6)13/h3-4,12-14H,5H2,1-2H3. The van der Waals surface area contributed by atoms with Gasteiger partial charge >= 0.3 is 0 Å². The fourth-order valence-electron chi connectivity index (χ4n) is 1.19. The smallest absolute Gasteiger partial charge is 0.176 e. The van der Waals surface area contributed by atoms with Crippen LogP contribution in [0.4, 0.5) is 0 Å². The Morgan fingerprint density at radius 3 is 2.29 bits per heavy atom. The van der Waals surface area contributed by atoms with Crippen molar-refractivity contribution in [3.63, 3.8) is 0 Å². The largest absolute Gasteiger partial charge is 0.504 e. The molecule has 0 radical (unpaired) electrons. The monoisotopic (exact) mass is 216 g/mol. The van der Waals surface area contributed by atoms with E-state index < -0.39 is 5.41 Å². The number of benzene rings is 1. The van der Waals surface area contributed by atoms with Crippen molar-refractivity contribution in [1.29, 1.82) is 0 Å². The van der Waals surface area contributed by atoms with Gasteiger partial charge in [0.2, 0.25) is 0 Å². The van der Waals surface area contributed by atoms with Gasteiger partial charge in [-0.15, -0.1) is 0 Å². The summed E-state index contributed by atoms with van der Waals surface area (Å²) >= 11 is 5.61. The summed E-state index contributed by atoms with van der Waals surface area (Å²) in [6.07, 6.45) is 0. The van der Waals surface area contributed by atoms with Gasteiger partial charge in [-0.3, -0.25) is 0 Å². The minimum absolute atomic E-state index is 0.0972. The van der Waals surface area contributed by atoms with Crippen LogP contribution < -0.4 is 0 Å². The fraction of sp³-hybridized carbons (Fsp3) is 0.400. The summed E-state index contributed by atoms with van der Waals surface area (Å²) in [6, 6.07) is 3.08. The van der Waals surface area contributed by atoms with Crippen molar-refractivity contribution in [3.8, 4) is 11.5 Å². The average molecular weight is 217 g/mol. The third-order valence-electron chi connectivity index (χ3n) is 2.23. The average Bonchev–Trinajstić information content (AvgIpc) is 2.14. The van der Waals surface area contributed by atoms with Crippen LogP contribution in [-0.4, -0.2) is 21.9 Å². The molecule has 1 rings (SSSR count). The number of rotatable bonds is 2. The van der Waals surface area contributed by atoms with E-state index in [0.29, 0.717) is 5.56 Å². The van der Waals surface area contributed by atoms with Gasteiger partial charge in [-0.05, 0) is 6.07 Å². The Morgan fingerprint density at radius 2 is 1.79 bits per heavy atom. The number of aliphatic hydroxyl groups excluding tert-OH is 1. The van der Waals surface area contributed by atoms with Gasteiger partial charge in [0.05, 0.1) is 11.6 Å². The molecule has 0 atom stereocenters. The van der Waals surface area contributed by atoms with Gasteiger partial charge in [0.1, 0.15) is 0 Å². The molecule has 78 valence electrons. The second kappa shape index (κ2) is 3.67. The van der Waals surface area contributed by atoms with Crippen molar-refractivity contribution < 1.29 is 15.3 Å². The molecular formula is C10H13ClO3. The highest BCUT2D eigenvalue weighted by molar-refractivity contribution is 6.32. The van der Waals surface area contributed by atoms with E-state index in [9.17, 15) is 10.2 Å². The van der Waals surface area contributed by atoms with Crippen molar-refractivity contribution >= 4 is 11.6 Å². The van der Waals surface area contributed by atoms with Crippen LogP contribution in [0.2, 0.25) is 5.02 Å².